The third-order valence-electron chi connectivity index (χ3n) is 3.85. The van der Waals surface area contributed by atoms with E-state index in [1.165, 1.54) is 6.07 Å². The highest BCUT2D eigenvalue weighted by Gasteiger charge is 2.26. The maximum atomic E-state index is 13.5. The Hall–Kier alpha value is -1.49. The van der Waals surface area contributed by atoms with Crippen LogP contribution >= 0.6 is 0 Å². The fourth-order valence-corrected chi connectivity index (χ4v) is 2.57. The van der Waals surface area contributed by atoms with Crippen molar-refractivity contribution in [3.8, 4) is 0 Å². The first-order valence-corrected chi connectivity index (χ1v) is 6.87. The molecular formula is C15H19F2NO2. The lowest BCUT2D eigenvalue weighted by atomic mass is 9.93. The summed E-state index contributed by atoms with van der Waals surface area (Å²) < 4.78 is 26.3. The van der Waals surface area contributed by atoms with Crippen LogP contribution in [0.15, 0.2) is 18.2 Å². The molecule has 1 aromatic rings. The Morgan fingerprint density at radius 1 is 1.50 bits per heavy atom. The molecule has 1 aliphatic rings. The minimum atomic E-state index is -0.692. The molecule has 0 bridgehead atoms. The standard InChI is InChI=1S/C15H19F2NO2/c1-10(19)12-3-2-6-18(9-12)15(20)7-11-4-5-13(16)8-14(11)17/h4-5,8,10,12,19H,2-3,6-7,9H2,1H3. The van der Waals surface area contributed by atoms with Crippen molar-refractivity contribution >= 4 is 5.91 Å². The van der Waals surface area contributed by atoms with Crippen LogP contribution in [0.4, 0.5) is 8.78 Å². The second-order valence-electron chi connectivity index (χ2n) is 5.40. The van der Waals surface area contributed by atoms with E-state index in [9.17, 15) is 18.7 Å². The number of likely N-dealkylation sites (tertiary alicyclic amines) is 1. The minimum absolute atomic E-state index is 0.0708. The molecular weight excluding hydrogens is 264 g/mol. The van der Waals surface area contributed by atoms with Gasteiger partial charge in [-0.2, -0.15) is 0 Å². The van der Waals surface area contributed by atoms with Crippen molar-refractivity contribution in [3.05, 3.63) is 35.4 Å². The smallest absolute Gasteiger partial charge is 0.227 e. The maximum absolute atomic E-state index is 13.5. The normalized spacial score (nSPS) is 20.8. The Bertz CT molecular complexity index is 491. The SMILES string of the molecule is CC(O)C1CCCN(C(=O)Cc2ccc(F)cc2F)C1. The quantitative estimate of drug-likeness (QED) is 0.923. The van der Waals surface area contributed by atoms with E-state index in [2.05, 4.69) is 0 Å². The molecule has 1 saturated heterocycles. The molecule has 1 aromatic carbocycles. The molecule has 20 heavy (non-hydrogen) atoms. The third-order valence-corrected chi connectivity index (χ3v) is 3.85. The zero-order valence-corrected chi connectivity index (χ0v) is 11.5. The van der Waals surface area contributed by atoms with Crippen molar-refractivity contribution in [1.29, 1.82) is 0 Å². The number of aliphatic hydroxyl groups excluding tert-OH is 1. The lowest BCUT2D eigenvalue weighted by Gasteiger charge is -2.34. The van der Waals surface area contributed by atoms with Crippen LogP contribution in [0, 0.1) is 17.6 Å². The number of hydrogen-bond acceptors (Lipinski definition) is 2. The number of benzene rings is 1. The summed E-state index contributed by atoms with van der Waals surface area (Å²) in [6.07, 6.45) is 1.21. The maximum Gasteiger partial charge on any atom is 0.227 e. The van der Waals surface area contributed by atoms with Gasteiger partial charge in [-0.3, -0.25) is 4.79 Å². The predicted molar refractivity (Wildman–Crippen MR) is 71.0 cm³/mol. The minimum Gasteiger partial charge on any atom is -0.393 e. The molecule has 3 nitrogen and oxygen atoms in total. The fraction of sp³-hybridized carbons (Fsp3) is 0.533. The summed E-state index contributed by atoms with van der Waals surface area (Å²) in [6, 6.07) is 3.25. The van der Waals surface area contributed by atoms with Gasteiger partial charge in [0.15, 0.2) is 0 Å². The average Bonchev–Trinajstić information content (AvgIpc) is 2.42. The van der Waals surface area contributed by atoms with Gasteiger partial charge >= 0.3 is 0 Å². The Morgan fingerprint density at radius 2 is 2.25 bits per heavy atom. The van der Waals surface area contributed by atoms with Gasteiger partial charge in [0, 0.05) is 25.1 Å². The average molecular weight is 283 g/mol. The zero-order valence-electron chi connectivity index (χ0n) is 11.5. The summed E-state index contributed by atoms with van der Waals surface area (Å²) in [6.45, 7) is 2.85. The number of aliphatic hydroxyl groups is 1. The van der Waals surface area contributed by atoms with Crippen LogP contribution < -0.4 is 0 Å². The highest BCUT2D eigenvalue weighted by Crippen LogP contribution is 2.21. The van der Waals surface area contributed by atoms with E-state index in [1.807, 2.05) is 0 Å². The highest BCUT2D eigenvalue weighted by molar-refractivity contribution is 5.79. The zero-order chi connectivity index (χ0) is 14.7. The van der Waals surface area contributed by atoms with E-state index in [0.29, 0.717) is 13.1 Å². The number of carbonyl (C=O) groups is 1. The van der Waals surface area contributed by atoms with Crippen molar-refractivity contribution in [2.24, 2.45) is 5.92 Å². The van der Waals surface area contributed by atoms with E-state index in [1.54, 1.807) is 11.8 Å². The van der Waals surface area contributed by atoms with Gasteiger partial charge in [-0.15, -0.1) is 0 Å². The van der Waals surface area contributed by atoms with Crippen molar-refractivity contribution in [2.45, 2.75) is 32.3 Å². The largest absolute Gasteiger partial charge is 0.393 e. The van der Waals surface area contributed by atoms with E-state index in [-0.39, 0.29) is 23.8 Å². The molecule has 0 aromatic heterocycles. The lowest BCUT2D eigenvalue weighted by molar-refractivity contribution is -0.133. The molecule has 1 fully saturated rings. The Kier molecular flexibility index (Phi) is 4.70. The molecule has 110 valence electrons. The summed E-state index contributed by atoms with van der Waals surface area (Å²) >= 11 is 0. The van der Waals surface area contributed by atoms with Crippen LogP contribution in [0.2, 0.25) is 0 Å². The summed E-state index contributed by atoms with van der Waals surface area (Å²) in [5.41, 5.74) is 0.204. The van der Waals surface area contributed by atoms with Crippen molar-refractivity contribution in [3.63, 3.8) is 0 Å². The molecule has 1 N–H and O–H groups in total. The fourth-order valence-electron chi connectivity index (χ4n) is 2.57. The molecule has 0 spiro atoms. The molecule has 1 aliphatic heterocycles. The second-order valence-corrected chi connectivity index (χ2v) is 5.40. The van der Waals surface area contributed by atoms with E-state index >= 15 is 0 Å². The van der Waals surface area contributed by atoms with Gasteiger partial charge in [-0.05, 0) is 31.4 Å². The summed E-state index contributed by atoms with van der Waals surface area (Å²) in [4.78, 5) is 13.8. The first-order valence-electron chi connectivity index (χ1n) is 6.87. The predicted octanol–water partition coefficient (Wildman–Crippen LogP) is 2.13. The van der Waals surface area contributed by atoms with Crippen LogP contribution in [0.1, 0.15) is 25.3 Å². The molecule has 2 atom stereocenters. The summed E-state index contributed by atoms with van der Waals surface area (Å²) in [7, 11) is 0. The number of rotatable bonds is 3. The summed E-state index contributed by atoms with van der Waals surface area (Å²) in [5, 5.41) is 9.60. The molecule has 2 unspecified atom stereocenters. The van der Waals surface area contributed by atoms with Gasteiger partial charge in [0.25, 0.3) is 0 Å². The van der Waals surface area contributed by atoms with Crippen LogP contribution in [0.5, 0.6) is 0 Å². The number of nitrogens with zero attached hydrogens (tertiary/aromatic N) is 1. The Balaban J connectivity index is 2.00. The van der Waals surface area contributed by atoms with Gasteiger partial charge < -0.3 is 10.0 Å². The Morgan fingerprint density at radius 3 is 2.90 bits per heavy atom. The molecule has 1 amide bonds. The Labute approximate surface area is 117 Å². The molecule has 5 heteroatoms. The van der Waals surface area contributed by atoms with Crippen LogP contribution in [0.3, 0.4) is 0 Å². The number of halogens is 2. The molecule has 2 rings (SSSR count). The van der Waals surface area contributed by atoms with E-state index in [4.69, 9.17) is 0 Å². The van der Waals surface area contributed by atoms with Crippen LogP contribution in [-0.2, 0) is 11.2 Å². The van der Waals surface area contributed by atoms with Gasteiger partial charge in [0.05, 0.1) is 12.5 Å². The van der Waals surface area contributed by atoms with E-state index in [0.717, 1.165) is 25.0 Å². The van der Waals surface area contributed by atoms with Gasteiger partial charge in [0.2, 0.25) is 5.91 Å². The first kappa shape index (κ1) is 14.9. The highest BCUT2D eigenvalue weighted by atomic mass is 19.1. The van der Waals surface area contributed by atoms with Gasteiger partial charge in [-0.1, -0.05) is 6.07 Å². The monoisotopic (exact) mass is 283 g/mol. The number of hydrogen-bond donors (Lipinski definition) is 1. The third kappa shape index (κ3) is 3.54. The number of carbonyl (C=O) groups excluding carboxylic acids is 1. The molecule has 0 radical (unpaired) electrons. The first-order chi connectivity index (χ1) is 9.47. The topological polar surface area (TPSA) is 40.5 Å². The molecule has 1 heterocycles. The number of piperidine rings is 1. The van der Waals surface area contributed by atoms with Crippen molar-refractivity contribution in [2.75, 3.05) is 13.1 Å². The second kappa shape index (κ2) is 6.31. The van der Waals surface area contributed by atoms with Crippen molar-refractivity contribution in [1.82, 2.24) is 4.90 Å². The molecule has 0 saturated carbocycles. The van der Waals surface area contributed by atoms with Gasteiger partial charge in [-0.25, -0.2) is 8.78 Å². The van der Waals surface area contributed by atoms with E-state index < -0.39 is 17.7 Å². The molecule has 0 aliphatic carbocycles. The lowest BCUT2D eigenvalue weighted by Crippen LogP contribution is -2.43. The van der Waals surface area contributed by atoms with Crippen molar-refractivity contribution < 1.29 is 18.7 Å². The van der Waals surface area contributed by atoms with Gasteiger partial charge in [0.1, 0.15) is 11.6 Å². The number of amides is 1. The van der Waals surface area contributed by atoms with Crippen LogP contribution in [0.25, 0.3) is 0 Å². The van der Waals surface area contributed by atoms with Crippen LogP contribution in [-0.4, -0.2) is 35.1 Å². The summed E-state index contributed by atoms with van der Waals surface area (Å²) in [5.74, 6) is -1.44.